The summed E-state index contributed by atoms with van der Waals surface area (Å²) in [4.78, 5) is 23.9. The zero-order chi connectivity index (χ0) is 15.1. The van der Waals surface area contributed by atoms with Gasteiger partial charge in [-0.05, 0) is 12.1 Å². The van der Waals surface area contributed by atoms with Gasteiger partial charge in [0.2, 0.25) is 5.78 Å². The van der Waals surface area contributed by atoms with Gasteiger partial charge in [0.05, 0.1) is 19.2 Å². The van der Waals surface area contributed by atoms with E-state index < -0.39 is 5.78 Å². The number of hydrogen-bond acceptors (Lipinski definition) is 6. The number of ether oxygens (including phenoxy) is 3. The van der Waals surface area contributed by atoms with Crippen molar-refractivity contribution in [2.24, 2.45) is 0 Å². The van der Waals surface area contributed by atoms with Crippen molar-refractivity contribution in [3.05, 3.63) is 23.8 Å². The van der Waals surface area contributed by atoms with Gasteiger partial charge in [-0.1, -0.05) is 0 Å². The van der Waals surface area contributed by atoms with Crippen molar-refractivity contribution in [1.82, 2.24) is 0 Å². The van der Waals surface area contributed by atoms with Crippen LogP contribution < -0.4 is 9.64 Å². The molecule has 0 aromatic heterocycles. The summed E-state index contributed by atoms with van der Waals surface area (Å²) < 4.78 is 15.4. The Hall–Kier alpha value is -1.92. The van der Waals surface area contributed by atoms with Crippen molar-refractivity contribution in [1.29, 1.82) is 0 Å². The van der Waals surface area contributed by atoms with Gasteiger partial charge in [-0.2, -0.15) is 0 Å². The number of carbonyl (C=O) groups excluding carboxylic acids is 2. The molecule has 1 aromatic rings. The van der Waals surface area contributed by atoms with E-state index in [9.17, 15) is 9.59 Å². The number of nitrogens with zero attached hydrogens (tertiary/aromatic N) is 1. The molecule has 0 aliphatic rings. The van der Waals surface area contributed by atoms with Gasteiger partial charge in [-0.25, -0.2) is 0 Å². The molecule has 0 radical (unpaired) electrons. The first kappa shape index (κ1) is 16.1. The molecule has 0 unspecified atom stereocenters. The van der Waals surface area contributed by atoms with Gasteiger partial charge < -0.3 is 19.1 Å². The van der Waals surface area contributed by atoms with Gasteiger partial charge in [0.25, 0.3) is 0 Å². The highest BCUT2D eigenvalue weighted by Gasteiger charge is 2.15. The monoisotopic (exact) mass is 281 g/mol. The second-order valence-electron chi connectivity index (χ2n) is 4.15. The zero-order valence-electron chi connectivity index (χ0n) is 12.1. The van der Waals surface area contributed by atoms with Crippen LogP contribution in [0.5, 0.6) is 5.75 Å². The smallest absolute Gasteiger partial charge is 0.229 e. The highest BCUT2D eigenvalue weighted by molar-refractivity contribution is 6.34. The molecule has 0 saturated carbocycles. The lowest BCUT2D eigenvalue weighted by Gasteiger charge is -2.24. The number of ketones is 1. The third kappa shape index (κ3) is 3.79. The molecule has 0 aliphatic heterocycles. The first-order chi connectivity index (χ1) is 9.57. The molecule has 1 rings (SSSR count). The lowest BCUT2D eigenvalue weighted by molar-refractivity contribution is -0.104. The van der Waals surface area contributed by atoms with E-state index in [0.717, 1.165) is 5.69 Å². The van der Waals surface area contributed by atoms with Crippen LogP contribution in [0.3, 0.4) is 0 Å². The Labute approximate surface area is 118 Å². The van der Waals surface area contributed by atoms with Gasteiger partial charge in [0, 0.05) is 33.0 Å². The molecule has 0 saturated heterocycles. The molecule has 0 atom stereocenters. The van der Waals surface area contributed by atoms with Gasteiger partial charge >= 0.3 is 0 Å². The number of anilines is 1. The fourth-order valence-electron chi connectivity index (χ4n) is 1.76. The predicted molar refractivity (Wildman–Crippen MR) is 74.5 cm³/mol. The van der Waals surface area contributed by atoms with Gasteiger partial charge in [-0.15, -0.1) is 0 Å². The Morgan fingerprint density at radius 2 is 1.95 bits per heavy atom. The summed E-state index contributed by atoms with van der Waals surface area (Å²) in [7, 11) is 6.44. The Morgan fingerprint density at radius 1 is 1.30 bits per heavy atom. The molecular weight excluding hydrogens is 262 g/mol. The minimum atomic E-state index is -0.609. The first-order valence-corrected chi connectivity index (χ1v) is 6.01. The summed E-state index contributed by atoms with van der Waals surface area (Å²) in [5.74, 6) is -0.249. The summed E-state index contributed by atoms with van der Waals surface area (Å²) in [6.45, 7) is 0.511. The largest absolute Gasteiger partial charge is 0.496 e. The van der Waals surface area contributed by atoms with Crippen molar-refractivity contribution < 1.29 is 23.8 Å². The maximum absolute atomic E-state index is 11.4. The third-order valence-electron chi connectivity index (χ3n) is 2.95. The average Bonchev–Trinajstić information content (AvgIpc) is 2.50. The maximum Gasteiger partial charge on any atom is 0.229 e. The van der Waals surface area contributed by atoms with E-state index in [1.807, 2.05) is 11.9 Å². The lowest BCUT2D eigenvalue weighted by atomic mass is 10.1. The van der Waals surface area contributed by atoms with Crippen molar-refractivity contribution >= 4 is 17.8 Å². The summed E-state index contributed by atoms with van der Waals surface area (Å²) in [5.41, 5.74) is 1.07. The minimum Gasteiger partial charge on any atom is -0.496 e. The van der Waals surface area contributed by atoms with Crippen LogP contribution >= 0.6 is 0 Å². The second kappa shape index (κ2) is 7.62. The van der Waals surface area contributed by atoms with Gasteiger partial charge in [0.1, 0.15) is 5.75 Å². The van der Waals surface area contributed by atoms with Crippen molar-refractivity contribution in [2.45, 2.75) is 6.29 Å². The van der Waals surface area contributed by atoms with Crippen molar-refractivity contribution in [2.75, 3.05) is 39.8 Å². The molecule has 0 heterocycles. The summed E-state index contributed by atoms with van der Waals surface area (Å²) in [5, 5.41) is 0. The topological polar surface area (TPSA) is 65.1 Å². The fraction of sp³-hybridized carbons (Fsp3) is 0.429. The van der Waals surface area contributed by atoms with Crippen LogP contribution in [0.25, 0.3) is 0 Å². The molecule has 0 fully saturated rings. The number of benzene rings is 1. The molecule has 6 nitrogen and oxygen atoms in total. The van der Waals surface area contributed by atoms with E-state index in [1.54, 1.807) is 32.4 Å². The SMILES string of the molecule is COc1cc(N(C)CC(OC)OC)ccc1C(=O)C=O. The van der Waals surface area contributed by atoms with Gasteiger partial charge in [-0.3, -0.25) is 9.59 Å². The summed E-state index contributed by atoms with van der Waals surface area (Å²) in [6, 6.07) is 5.00. The van der Waals surface area contributed by atoms with Crippen LogP contribution in [0, 0.1) is 0 Å². The Kier molecular flexibility index (Phi) is 6.14. The van der Waals surface area contributed by atoms with E-state index in [4.69, 9.17) is 14.2 Å². The van der Waals surface area contributed by atoms with E-state index >= 15 is 0 Å². The number of aldehydes is 1. The van der Waals surface area contributed by atoms with Crippen LogP contribution in [0.4, 0.5) is 5.69 Å². The normalized spacial score (nSPS) is 10.4. The number of carbonyl (C=O) groups is 2. The molecule has 0 aliphatic carbocycles. The fourth-order valence-corrected chi connectivity index (χ4v) is 1.76. The predicted octanol–water partition coefficient (Wildman–Crippen LogP) is 1.13. The molecule has 0 spiro atoms. The highest BCUT2D eigenvalue weighted by atomic mass is 16.7. The average molecular weight is 281 g/mol. The van der Waals surface area contributed by atoms with Crippen LogP contribution in [0.15, 0.2) is 18.2 Å². The minimum absolute atomic E-state index is 0.245. The number of methoxy groups -OCH3 is 3. The standard InChI is InChI=1S/C14H19NO5/c1-15(8-14(19-3)20-4)10-5-6-11(12(17)9-16)13(7-10)18-2/h5-7,9,14H,8H2,1-4H3. The van der Waals surface area contributed by atoms with Crippen molar-refractivity contribution in [3.63, 3.8) is 0 Å². The van der Waals surface area contributed by atoms with E-state index in [-0.39, 0.29) is 18.1 Å². The number of rotatable bonds is 8. The Bertz CT molecular complexity index is 471. The van der Waals surface area contributed by atoms with Crippen LogP contribution in [0.2, 0.25) is 0 Å². The molecule has 6 heteroatoms. The second-order valence-corrected chi connectivity index (χ2v) is 4.15. The molecular formula is C14H19NO5. The molecule has 0 bridgehead atoms. The maximum atomic E-state index is 11.4. The van der Waals surface area contributed by atoms with Crippen LogP contribution in [-0.2, 0) is 14.3 Å². The Balaban J connectivity index is 2.97. The third-order valence-corrected chi connectivity index (χ3v) is 2.95. The summed E-state index contributed by atoms with van der Waals surface area (Å²) in [6.07, 6.45) is -0.0881. The molecule has 0 amide bonds. The first-order valence-electron chi connectivity index (χ1n) is 6.01. The number of Topliss-reactive ketones (excluding diaryl/α,β-unsaturated/α-hetero) is 1. The number of hydrogen-bond donors (Lipinski definition) is 0. The van der Waals surface area contributed by atoms with E-state index in [2.05, 4.69) is 0 Å². The zero-order valence-corrected chi connectivity index (χ0v) is 12.1. The highest BCUT2D eigenvalue weighted by Crippen LogP contribution is 2.25. The van der Waals surface area contributed by atoms with E-state index in [0.29, 0.717) is 12.3 Å². The number of likely N-dealkylation sites (N-methyl/N-ethyl adjacent to an activating group) is 1. The molecule has 1 aromatic carbocycles. The van der Waals surface area contributed by atoms with Crippen molar-refractivity contribution in [3.8, 4) is 5.75 Å². The quantitative estimate of drug-likeness (QED) is 0.308. The molecule has 20 heavy (non-hydrogen) atoms. The Morgan fingerprint density at radius 3 is 2.45 bits per heavy atom. The molecule has 110 valence electrons. The molecule has 0 N–H and O–H groups in total. The lowest BCUT2D eigenvalue weighted by Crippen LogP contribution is -2.31. The van der Waals surface area contributed by atoms with E-state index in [1.165, 1.54) is 7.11 Å². The summed E-state index contributed by atoms with van der Waals surface area (Å²) >= 11 is 0. The van der Waals surface area contributed by atoms with Gasteiger partial charge in [0.15, 0.2) is 12.6 Å². The van der Waals surface area contributed by atoms with Crippen LogP contribution in [-0.4, -0.2) is 53.3 Å². The van der Waals surface area contributed by atoms with Crippen LogP contribution in [0.1, 0.15) is 10.4 Å².